The standard InChI is InChI=1S/C24H25N3O3S/c1-3-30-22-12-8-7-11-21(22)27-23(28)17(2)31-20-15-13-19(14-16-20)26-24(29)25-18-9-5-4-6-10-18/h4-17H,3H2,1-2H3,(H,27,28)(H2,25,26,29). The monoisotopic (exact) mass is 435 g/mol. The lowest BCUT2D eigenvalue weighted by Crippen LogP contribution is -2.22. The van der Waals surface area contributed by atoms with E-state index in [-0.39, 0.29) is 17.2 Å². The molecule has 0 saturated carbocycles. The van der Waals surface area contributed by atoms with E-state index in [1.807, 2.05) is 92.7 Å². The Hall–Kier alpha value is -3.45. The molecule has 0 aliphatic carbocycles. The lowest BCUT2D eigenvalue weighted by molar-refractivity contribution is -0.115. The normalized spacial score (nSPS) is 11.3. The second kappa shape index (κ2) is 11.1. The summed E-state index contributed by atoms with van der Waals surface area (Å²) in [6.07, 6.45) is 0. The molecule has 0 fully saturated rings. The lowest BCUT2D eigenvalue weighted by atomic mass is 10.3. The Bertz CT molecular complexity index is 1010. The quantitative estimate of drug-likeness (QED) is 0.388. The smallest absolute Gasteiger partial charge is 0.323 e. The van der Waals surface area contributed by atoms with E-state index < -0.39 is 0 Å². The van der Waals surface area contributed by atoms with E-state index >= 15 is 0 Å². The first-order valence-corrected chi connectivity index (χ1v) is 10.9. The van der Waals surface area contributed by atoms with Crippen LogP contribution < -0.4 is 20.7 Å². The van der Waals surface area contributed by atoms with Crippen LogP contribution in [-0.4, -0.2) is 23.8 Å². The van der Waals surface area contributed by atoms with Gasteiger partial charge in [0.1, 0.15) is 5.75 Å². The van der Waals surface area contributed by atoms with Crippen molar-refractivity contribution >= 4 is 40.8 Å². The number of urea groups is 1. The third-order valence-electron chi connectivity index (χ3n) is 4.27. The van der Waals surface area contributed by atoms with Crippen LogP contribution in [0.15, 0.2) is 83.8 Å². The Labute approximate surface area is 186 Å². The number of rotatable bonds is 8. The summed E-state index contributed by atoms with van der Waals surface area (Å²) in [5, 5.41) is 8.18. The molecule has 160 valence electrons. The summed E-state index contributed by atoms with van der Waals surface area (Å²) >= 11 is 1.44. The molecular weight excluding hydrogens is 410 g/mol. The Morgan fingerprint density at radius 1 is 0.839 bits per heavy atom. The van der Waals surface area contributed by atoms with Crippen molar-refractivity contribution in [2.24, 2.45) is 0 Å². The Balaban J connectivity index is 1.53. The minimum absolute atomic E-state index is 0.110. The fraction of sp³-hybridized carbons (Fsp3) is 0.167. The van der Waals surface area contributed by atoms with Gasteiger partial charge in [0, 0.05) is 16.3 Å². The summed E-state index contributed by atoms with van der Waals surface area (Å²) in [6, 6.07) is 23.7. The number of hydrogen-bond donors (Lipinski definition) is 3. The van der Waals surface area contributed by atoms with Crippen LogP contribution in [0.1, 0.15) is 13.8 Å². The zero-order valence-corrected chi connectivity index (χ0v) is 18.2. The summed E-state index contributed by atoms with van der Waals surface area (Å²) < 4.78 is 5.56. The molecule has 0 heterocycles. The number of thioether (sulfide) groups is 1. The Morgan fingerprint density at radius 2 is 1.45 bits per heavy atom. The Morgan fingerprint density at radius 3 is 2.13 bits per heavy atom. The number of anilines is 3. The predicted octanol–water partition coefficient (Wildman–Crippen LogP) is 5.85. The van der Waals surface area contributed by atoms with Crippen LogP contribution in [0.3, 0.4) is 0 Å². The molecule has 0 spiro atoms. The van der Waals surface area contributed by atoms with E-state index in [0.717, 1.165) is 10.6 Å². The maximum absolute atomic E-state index is 12.6. The van der Waals surface area contributed by atoms with E-state index in [0.29, 0.717) is 23.7 Å². The van der Waals surface area contributed by atoms with Crippen molar-refractivity contribution in [2.75, 3.05) is 22.6 Å². The summed E-state index contributed by atoms with van der Waals surface area (Å²) in [5.74, 6) is 0.543. The number of ether oxygens (including phenoxy) is 1. The van der Waals surface area contributed by atoms with Crippen molar-refractivity contribution in [1.29, 1.82) is 0 Å². The van der Waals surface area contributed by atoms with E-state index in [4.69, 9.17) is 4.74 Å². The summed E-state index contributed by atoms with van der Waals surface area (Å²) in [5.41, 5.74) is 2.05. The van der Waals surface area contributed by atoms with Crippen molar-refractivity contribution in [3.63, 3.8) is 0 Å². The first-order valence-electron chi connectivity index (χ1n) is 9.97. The molecule has 1 atom stereocenters. The first kappa shape index (κ1) is 22.2. The SMILES string of the molecule is CCOc1ccccc1NC(=O)C(C)Sc1ccc(NC(=O)Nc2ccccc2)cc1. The van der Waals surface area contributed by atoms with Crippen molar-refractivity contribution in [2.45, 2.75) is 24.0 Å². The van der Waals surface area contributed by atoms with Gasteiger partial charge >= 0.3 is 6.03 Å². The molecule has 3 aromatic rings. The van der Waals surface area contributed by atoms with Gasteiger partial charge in [-0.15, -0.1) is 11.8 Å². The van der Waals surface area contributed by atoms with Crippen LogP contribution in [0.4, 0.5) is 21.9 Å². The molecule has 3 N–H and O–H groups in total. The number of amides is 3. The van der Waals surface area contributed by atoms with Crippen LogP contribution >= 0.6 is 11.8 Å². The van der Waals surface area contributed by atoms with Crippen LogP contribution in [0, 0.1) is 0 Å². The minimum Gasteiger partial charge on any atom is -0.492 e. The van der Waals surface area contributed by atoms with Gasteiger partial charge < -0.3 is 20.7 Å². The van der Waals surface area contributed by atoms with Gasteiger partial charge in [0.05, 0.1) is 17.5 Å². The number of hydrogen-bond acceptors (Lipinski definition) is 4. The molecule has 31 heavy (non-hydrogen) atoms. The predicted molar refractivity (Wildman–Crippen MR) is 127 cm³/mol. The van der Waals surface area contributed by atoms with Gasteiger partial charge in [-0.1, -0.05) is 30.3 Å². The molecule has 6 nitrogen and oxygen atoms in total. The molecule has 0 aliphatic heterocycles. The zero-order valence-electron chi connectivity index (χ0n) is 17.4. The third kappa shape index (κ3) is 6.79. The number of carbonyl (C=O) groups is 2. The van der Waals surface area contributed by atoms with E-state index in [9.17, 15) is 9.59 Å². The van der Waals surface area contributed by atoms with Crippen molar-refractivity contribution < 1.29 is 14.3 Å². The van der Waals surface area contributed by atoms with Gasteiger partial charge in [-0.05, 0) is 62.4 Å². The fourth-order valence-corrected chi connectivity index (χ4v) is 3.64. The number of para-hydroxylation sites is 3. The van der Waals surface area contributed by atoms with Gasteiger partial charge in [-0.25, -0.2) is 4.79 Å². The highest BCUT2D eigenvalue weighted by Gasteiger charge is 2.16. The average Bonchev–Trinajstić information content (AvgIpc) is 2.77. The molecule has 3 rings (SSSR count). The van der Waals surface area contributed by atoms with Crippen molar-refractivity contribution in [3.05, 3.63) is 78.9 Å². The van der Waals surface area contributed by atoms with Crippen LogP contribution in [0.2, 0.25) is 0 Å². The molecule has 0 bridgehead atoms. The van der Waals surface area contributed by atoms with Gasteiger partial charge in [-0.2, -0.15) is 0 Å². The lowest BCUT2D eigenvalue weighted by Gasteiger charge is -2.15. The molecule has 0 aliphatic rings. The Kier molecular flexibility index (Phi) is 7.95. The van der Waals surface area contributed by atoms with E-state index in [1.165, 1.54) is 11.8 Å². The molecule has 0 radical (unpaired) electrons. The fourth-order valence-electron chi connectivity index (χ4n) is 2.78. The van der Waals surface area contributed by atoms with Crippen molar-refractivity contribution in [1.82, 2.24) is 0 Å². The average molecular weight is 436 g/mol. The summed E-state index contributed by atoms with van der Waals surface area (Å²) in [6.45, 7) is 4.28. The summed E-state index contributed by atoms with van der Waals surface area (Å²) in [4.78, 5) is 25.6. The highest BCUT2D eigenvalue weighted by molar-refractivity contribution is 8.00. The zero-order chi connectivity index (χ0) is 22.1. The number of benzene rings is 3. The second-order valence-electron chi connectivity index (χ2n) is 6.65. The second-order valence-corrected chi connectivity index (χ2v) is 8.06. The van der Waals surface area contributed by atoms with Crippen LogP contribution in [0.5, 0.6) is 5.75 Å². The first-order chi connectivity index (χ1) is 15.0. The number of carbonyl (C=O) groups excluding carboxylic acids is 2. The highest BCUT2D eigenvalue weighted by Crippen LogP contribution is 2.28. The molecular formula is C24H25N3O3S. The molecule has 3 amide bonds. The largest absolute Gasteiger partial charge is 0.492 e. The van der Waals surface area contributed by atoms with E-state index in [2.05, 4.69) is 16.0 Å². The molecule has 7 heteroatoms. The summed E-state index contributed by atoms with van der Waals surface area (Å²) in [7, 11) is 0. The van der Waals surface area contributed by atoms with Crippen molar-refractivity contribution in [3.8, 4) is 5.75 Å². The van der Waals surface area contributed by atoms with E-state index in [1.54, 1.807) is 0 Å². The molecule has 1 unspecified atom stereocenters. The van der Waals surface area contributed by atoms with Gasteiger partial charge in [-0.3, -0.25) is 4.79 Å². The maximum atomic E-state index is 12.6. The molecule has 3 aromatic carbocycles. The molecule has 0 aromatic heterocycles. The van der Waals surface area contributed by atoms with Gasteiger partial charge in [0.25, 0.3) is 0 Å². The third-order valence-corrected chi connectivity index (χ3v) is 5.38. The van der Waals surface area contributed by atoms with Gasteiger partial charge in [0.2, 0.25) is 5.91 Å². The molecule has 0 saturated heterocycles. The van der Waals surface area contributed by atoms with Gasteiger partial charge in [0.15, 0.2) is 0 Å². The number of nitrogens with one attached hydrogen (secondary N) is 3. The minimum atomic E-state index is -0.313. The van der Waals surface area contributed by atoms with Crippen LogP contribution in [0.25, 0.3) is 0 Å². The highest BCUT2D eigenvalue weighted by atomic mass is 32.2. The topological polar surface area (TPSA) is 79.5 Å². The van der Waals surface area contributed by atoms with Crippen LogP contribution in [-0.2, 0) is 4.79 Å². The maximum Gasteiger partial charge on any atom is 0.323 e.